The van der Waals surface area contributed by atoms with Crippen molar-refractivity contribution in [2.45, 2.75) is 12.5 Å². The maximum Gasteiger partial charge on any atom is 0.138 e. The zero-order valence-corrected chi connectivity index (χ0v) is 7.67. The zero-order valence-electron chi connectivity index (χ0n) is 7.67. The standard InChI is InChI=1S/C10H14N2O/c1-11-8-5-7-3-2-4-9(13)10(7)12-6-8/h2-4,8,11-13H,5-6H2,1H3. The number of anilines is 1. The van der Waals surface area contributed by atoms with E-state index >= 15 is 0 Å². The van der Waals surface area contributed by atoms with Gasteiger partial charge in [0.2, 0.25) is 0 Å². The first-order valence-corrected chi connectivity index (χ1v) is 4.53. The van der Waals surface area contributed by atoms with Gasteiger partial charge >= 0.3 is 0 Å². The summed E-state index contributed by atoms with van der Waals surface area (Å²) in [6.45, 7) is 0.876. The molecule has 0 spiro atoms. The van der Waals surface area contributed by atoms with Crippen LogP contribution in [0.4, 0.5) is 5.69 Å². The second-order valence-electron chi connectivity index (χ2n) is 3.38. The van der Waals surface area contributed by atoms with Crippen LogP contribution in [0.25, 0.3) is 0 Å². The topological polar surface area (TPSA) is 44.3 Å². The van der Waals surface area contributed by atoms with Crippen LogP contribution < -0.4 is 10.6 Å². The van der Waals surface area contributed by atoms with Crippen LogP contribution in [0.1, 0.15) is 5.56 Å². The van der Waals surface area contributed by atoms with Gasteiger partial charge in [0.15, 0.2) is 0 Å². The van der Waals surface area contributed by atoms with E-state index in [0.717, 1.165) is 18.7 Å². The van der Waals surface area contributed by atoms with Crippen molar-refractivity contribution in [2.75, 3.05) is 18.9 Å². The van der Waals surface area contributed by atoms with Crippen LogP contribution in [0.2, 0.25) is 0 Å². The molecule has 1 aliphatic heterocycles. The lowest BCUT2D eigenvalue weighted by Crippen LogP contribution is -2.38. The maximum absolute atomic E-state index is 9.53. The van der Waals surface area contributed by atoms with Gasteiger partial charge in [0.1, 0.15) is 5.75 Å². The van der Waals surface area contributed by atoms with E-state index in [-0.39, 0.29) is 0 Å². The third-order valence-electron chi connectivity index (χ3n) is 2.53. The number of benzene rings is 1. The Morgan fingerprint density at radius 2 is 2.38 bits per heavy atom. The Hall–Kier alpha value is -1.22. The van der Waals surface area contributed by atoms with Crippen molar-refractivity contribution in [3.8, 4) is 5.75 Å². The van der Waals surface area contributed by atoms with Gasteiger partial charge in [-0.25, -0.2) is 0 Å². The lowest BCUT2D eigenvalue weighted by molar-refractivity contribution is 0.472. The van der Waals surface area contributed by atoms with Crippen LogP contribution in [-0.2, 0) is 6.42 Å². The first kappa shape index (κ1) is 8.38. The van der Waals surface area contributed by atoms with E-state index in [2.05, 4.69) is 10.6 Å². The molecule has 0 fully saturated rings. The van der Waals surface area contributed by atoms with Crippen LogP contribution in [-0.4, -0.2) is 24.7 Å². The lowest BCUT2D eigenvalue weighted by Gasteiger charge is -2.26. The van der Waals surface area contributed by atoms with E-state index in [1.165, 1.54) is 5.56 Å². The molecule has 0 amide bonds. The molecular weight excluding hydrogens is 164 g/mol. The zero-order chi connectivity index (χ0) is 9.26. The molecule has 0 aliphatic carbocycles. The second-order valence-corrected chi connectivity index (χ2v) is 3.38. The Bertz CT molecular complexity index is 312. The van der Waals surface area contributed by atoms with E-state index in [1.54, 1.807) is 6.07 Å². The summed E-state index contributed by atoms with van der Waals surface area (Å²) in [5, 5.41) is 16.0. The van der Waals surface area contributed by atoms with E-state index in [4.69, 9.17) is 0 Å². The first-order chi connectivity index (χ1) is 6.31. The Labute approximate surface area is 77.8 Å². The van der Waals surface area contributed by atoms with Gasteiger partial charge in [-0.05, 0) is 25.1 Å². The summed E-state index contributed by atoms with van der Waals surface area (Å²) in [6, 6.07) is 6.11. The van der Waals surface area contributed by atoms with Gasteiger partial charge in [0.05, 0.1) is 5.69 Å². The molecule has 2 rings (SSSR count). The largest absolute Gasteiger partial charge is 0.506 e. The van der Waals surface area contributed by atoms with E-state index < -0.39 is 0 Å². The molecule has 0 radical (unpaired) electrons. The molecule has 70 valence electrons. The van der Waals surface area contributed by atoms with Gasteiger partial charge in [0.25, 0.3) is 0 Å². The molecule has 1 aromatic rings. The fourth-order valence-electron chi connectivity index (χ4n) is 1.73. The summed E-state index contributed by atoms with van der Waals surface area (Å²) in [4.78, 5) is 0. The summed E-state index contributed by atoms with van der Waals surface area (Å²) < 4.78 is 0. The summed E-state index contributed by atoms with van der Waals surface area (Å²) >= 11 is 0. The Morgan fingerprint density at radius 3 is 3.15 bits per heavy atom. The Morgan fingerprint density at radius 1 is 1.54 bits per heavy atom. The number of aromatic hydroxyl groups is 1. The summed E-state index contributed by atoms with van der Waals surface area (Å²) in [7, 11) is 1.96. The van der Waals surface area contributed by atoms with E-state index in [0.29, 0.717) is 11.8 Å². The fraction of sp³-hybridized carbons (Fsp3) is 0.400. The first-order valence-electron chi connectivity index (χ1n) is 4.53. The quantitative estimate of drug-likeness (QED) is 0.561. The second kappa shape index (κ2) is 3.26. The number of rotatable bonds is 1. The average molecular weight is 178 g/mol. The number of phenols is 1. The van der Waals surface area contributed by atoms with Gasteiger partial charge in [-0.2, -0.15) is 0 Å². The molecule has 0 saturated heterocycles. The maximum atomic E-state index is 9.53. The lowest BCUT2D eigenvalue weighted by atomic mass is 9.99. The number of hydrogen-bond donors (Lipinski definition) is 3. The minimum Gasteiger partial charge on any atom is -0.506 e. The Kier molecular flexibility index (Phi) is 2.10. The van der Waals surface area contributed by atoms with Crippen molar-refractivity contribution in [1.29, 1.82) is 0 Å². The van der Waals surface area contributed by atoms with Crippen molar-refractivity contribution in [3.05, 3.63) is 23.8 Å². The molecule has 3 nitrogen and oxygen atoms in total. The molecule has 0 aromatic heterocycles. The third-order valence-corrected chi connectivity index (χ3v) is 2.53. The summed E-state index contributed by atoms with van der Waals surface area (Å²) in [6.07, 6.45) is 0.979. The molecule has 0 saturated carbocycles. The van der Waals surface area contributed by atoms with Crippen molar-refractivity contribution in [1.82, 2.24) is 5.32 Å². The van der Waals surface area contributed by atoms with Crippen LogP contribution in [0.5, 0.6) is 5.75 Å². The van der Waals surface area contributed by atoms with Crippen molar-refractivity contribution >= 4 is 5.69 Å². The molecule has 13 heavy (non-hydrogen) atoms. The van der Waals surface area contributed by atoms with E-state index in [9.17, 15) is 5.11 Å². The normalized spacial score (nSPS) is 20.5. The molecule has 3 N–H and O–H groups in total. The summed E-state index contributed by atoms with van der Waals surface area (Å²) in [5.41, 5.74) is 2.08. The molecule has 1 heterocycles. The van der Waals surface area contributed by atoms with Crippen molar-refractivity contribution in [3.63, 3.8) is 0 Å². The highest BCUT2D eigenvalue weighted by molar-refractivity contribution is 5.63. The number of fused-ring (bicyclic) bond motifs is 1. The average Bonchev–Trinajstić information content (AvgIpc) is 2.18. The van der Waals surface area contributed by atoms with Crippen molar-refractivity contribution in [2.24, 2.45) is 0 Å². The van der Waals surface area contributed by atoms with Crippen LogP contribution in [0, 0.1) is 0 Å². The third kappa shape index (κ3) is 1.47. The highest BCUT2D eigenvalue weighted by Crippen LogP contribution is 2.30. The van der Waals surface area contributed by atoms with Gasteiger partial charge in [-0.15, -0.1) is 0 Å². The van der Waals surface area contributed by atoms with Crippen molar-refractivity contribution < 1.29 is 5.11 Å². The minimum absolute atomic E-state index is 0.354. The molecule has 1 unspecified atom stereocenters. The minimum atomic E-state index is 0.354. The molecule has 0 bridgehead atoms. The van der Waals surface area contributed by atoms with Crippen LogP contribution in [0.15, 0.2) is 18.2 Å². The summed E-state index contributed by atoms with van der Waals surface area (Å²) in [5.74, 6) is 0.354. The fourth-order valence-corrected chi connectivity index (χ4v) is 1.73. The highest BCUT2D eigenvalue weighted by atomic mass is 16.3. The monoisotopic (exact) mass is 178 g/mol. The number of para-hydroxylation sites is 1. The smallest absolute Gasteiger partial charge is 0.138 e. The number of likely N-dealkylation sites (N-methyl/N-ethyl adjacent to an activating group) is 1. The van der Waals surface area contributed by atoms with Gasteiger partial charge < -0.3 is 15.7 Å². The number of phenolic OH excluding ortho intramolecular Hbond substituents is 1. The van der Waals surface area contributed by atoms with E-state index in [1.807, 2.05) is 19.2 Å². The van der Waals surface area contributed by atoms with Gasteiger partial charge in [-0.1, -0.05) is 12.1 Å². The molecule has 1 aliphatic rings. The SMILES string of the molecule is CNC1CNc2c(O)cccc2C1. The number of nitrogens with one attached hydrogen (secondary N) is 2. The Balaban J connectivity index is 2.31. The predicted octanol–water partition coefficient (Wildman–Crippen LogP) is 0.948. The predicted molar refractivity (Wildman–Crippen MR) is 53.1 cm³/mol. The van der Waals surface area contributed by atoms with Crippen LogP contribution in [0.3, 0.4) is 0 Å². The van der Waals surface area contributed by atoms with Gasteiger partial charge in [-0.3, -0.25) is 0 Å². The number of hydrogen-bond acceptors (Lipinski definition) is 3. The molecular formula is C10H14N2O. The van der Waals surface area contributed by atoms with Crippen LogP contribution >= 0.6 is 0 Å². The molecule has 1 atom stereocenters. The van der Waals surface area contributed by atoms with Gasteiger partial charge in [0, 0.05) is 12.6 Å². The molecule has 3 heteroatoms. The molecule has 1 aromatic carbocycles. The highest BCUT2D eigenvalue weighted by Gasteiger charge is 2.18.